The van der Waals surface area contributed by atoms with Gasteiger partial charge in [-0.3, -0.25) is 9.69 Å². The minimum absolute atomic E-state index is 0.0110. The quantitative estimate of drug-likeness (QED) is 0.780. The van der Waals surface area contributed by atoms with Crippen LogP contribution in [-0.2, 0) is 0 Å². The molecule has 2 heterocycles. The maximum atomic E-state index is 11.4. The minimum Gasteiger partial charge on any atom is -0.491 e. The van der Waals surface area contributed by atoms with Gasteiger partial charge >= 0.3 is 0 Å². The summed E-state index contributed by atoms with van der Waals surface area (Å²) in [5, 5.41) is 12.4. The molecule has 1 saturated heterocycles. The molecule has 1 N–H and O–H groups in total. The second-order valence-electron chi connectivity index (χ2n) is 6.22. The molecule has 24 heavy (non-hydrogen) atoms. The summed E-state index contributed by atoms with van der Waals surface area (Å²) >= 11 is 1.78. The van der Waals surface area contributed by atoms with E-state index in [1.54, 1.807) is 29.5 Å². The van der Waals surface area contributed by atoms with Crippen molar-refractivity contribution in [3.05, 3.63) is 52.2 Å². The van der Waals surface area contributed by atoms with Gasteiger partial charge in [0.2, 0.25) is 0 Å². The highest BCUT2D eigenvalue weighted by atomic mass is 32.1. The molecular weight excluding hydrogens is 322 g/mol. The average Bonchev–Trinajstić information content (AvgIpc) is 3.24. The van der Waals surface area contributed by atoms with Crippen LogP contribution in [0.2, 0.25) is 0 Å². The zero-order chi connectivity index (χ0) is 16.9. The van der Waals surface area contributed by atoms with E-state index in [1.807, 2.05) is 6.07 Å². The van der Waals surface area contributed by atoms with Crippen LogP contribution in [0.4, 0.5) is 0 Å². The van der Waals surface area contributed by atoms with Crippen LogP contribution in [0.1, 0.15) is 41.0 Å². The molecule has 0 bridgehead atoms. The average molecular weight is 345 g/mol. The van der Waals surface area contributed by atoms with Gasteiger partial charge in [-0.15, -0.1) is 11.3 Å². The number of ether oxygens (including phenoxy) is 1. The van der Waals surface area contributed by atoms with Gasteiger partial charge in [-0.25, -0.2) is 0 Å². The molecular formula is C19H23NO3S. The fraction of sp³-hybridized carbons (Fsp3) is 0.421. The Morgan fingerprint density at radius 2 is 2.29 bits per heavy atom. The van der Waals surface area contributed by atoms with Crippen molar-refractivity contribution < 1.29 is 14.6 Å². The number of thiophene rings is 1. The SMILES string of the molecule is CC(=O)c1cccc(OC[C@@H](O)CN2CCC[C@@H]2c2cccs2)c1. The highest BCUT2D eigenvalue weighted by Gasteiger charge is 2.28. The fourth-order valence-corrected chi connectivity index (χ4v) is 4.06. The number of hydrogen-bond donors (Lipinski definition) is 1. The molecule has 0 unspecified atom stereocenters. The lowest BCUT2D eigenvalue weighted by Gasteiger charge is -2.26. The topological polar surface area (TPSA) is 49.8 Å². The van der Waals surface area contributed by atoms with Crippen molar-refractivity contribution in [2.24, 2.45) is 0 Å². The van der Waals surface area contributed by atoms with Gasteiger partial charge in [0.25, 0.3) is 0 Å². The third-order valence-corrected chi connectivity index (χ3v) is 5.34. The standard InChI is InChI=1S/C19H23NO3S/c1-14(21)15-5-2-6-17(11-15)23-13-16(22)12-20-9-3-7-18(20)19-8-4-10-24-19/h2,4-6,8,10-11,16,18,22H,3,7,9,12-13H2,1H3/t16-,18+/m0/s1. The summed E-state index contributed by atoms with van der Waals surface area (Å²) in [5.74, 6) is 0.634. The van der Waals surface area contributed by atoms with Crippen LogP contribution in [0.5, 0.6) is 5.75 Å². The maximum absolute atomic E-state index is 11.4. The van der Waals surface area contributed by atoms with Crippen molar-refractivity contribution in [2.75, 3.05) is 19.7 Å². The Hall–Kier alpha value is -1.69. The van der Waals surface area contributed by atoms with E-state index in [-0.39, 0.29) is 12.4 Å². The number of aliphatic hydroxyl groups excluding tert-OH is 1. The van der Waals surface area contributed by atoms with Crippen molar-refractivity contribution in [1.82, 2.24) is 4.90 Å². The van der Waals surface area contributed by atoms with E-state index < -0.39 is 6.10 Å². The first-order valence-corrected chi connectivity index (χ1v) is 9.21. The summed E-state index contributed by atoms with van der Waals surface area (Å²) in [6, 6.07) is 11.8. The van der Waals surface area contributed by atoms with E-state index in [0.29, 0.717) is 23.9 Å². The third kappa shape index (κ3) is 4.23. The lowest BCUT2D eigenvalue weighted by Crippen LogP contribution is -2.35. The number of hydrogen-bond acceptors (Lipinski definition) is 5. The Labute approximate surface area is 146 Å². The Kier molecular flexibility index (Phi) is 5.66. The molecule has 2 atom stereocenters. The number of β-amino-alcohol motifs (C(OH)–C–C–N with tert-alkyl or cyclic N) is 1. The molecule has 1 aromatic carbocycles. The van der Waals surface area contributed by atoms with Crippen molar-refractivity contribution in [3.63, 3.8) is 0 Å². The molecule has 0 spiro atoms. The van der Waals surface area contributed by atoms with Gasteiger partial charge in [-0.2, -0.15) is 0 Å². The van der Waals surface area contributed by atoms with Crippen molar-refractivity contribution in [3.8, 4) is 5.75 Å². The van der Waals surface area contributed by atoms with Crippen molar-refractivity contribution in [2.45, 2.75) is 31.9 Å². The van der Waals surface area contributed by atoms with Gasteiger partial charge in [0, 0.05) is 23.0 Å². The van der Waals surface area contributed by atoms with Crippen LogP contribution >= 0.6 is 11.3 Å². The highest BCUT2D eigenvalue weighted by molar-refractivity contribution is 7.10. The molecule has 0 saturated carbocycles. The second kappa shape index (κ2) is 7.92. The maximum Gasteiger partial charge on any atom is 0.159 e. The smallest absolute Gasteiger partial charge is 0.159 e. The summed E-state index contributed by atoms with van der Waals surface area (Å²) < 4.78 is 5.67. The summed E-state index contributed by atoms with van der Waals surface area (Å²) in [5.41, 5.74) is 0.624. The molecule has 5 heteroatoms. The Balaban J connectivity index is 1.53. The Morgan fingerprint density at radius 1 is 1.42 bits per heavy atom. The van der Waals surface area contributed by atoms with Crippen molar-refractivity contribution >= 4 is 17.1 Å². The molecule has 0 amide bonds. The largest absolute Gasteiger partial charge is 0.491 e. The second-order valence-corrected chi connectivity index (χ2v) is 7.20. The van der Waals surface area contributed by atoms with Gasteiger partial charge in [-0.1, -0.05) is 18.2 Å². The lowest BCUT2D eigenvalue weighted by molar-refractivity contribution is 0.0642. The molecule has 1 aliphatic heterocycles. The molecule has 1 fully saturated rings. The van der Waals surface area contributed by atoms with Gasteiger partial charge in [0.05, 0.1) is 0 Å². The van der Waals surface area contributed by atoms with E-state index >= 15 is 0 Å². The summed E-state index contributed by atoms with van der Waals surface area (Å²) in [7, 11) is 0. The first kappa shape index (κ1) is 17.1. The Bertz CT molecular complexity index is 671. The van der Waals surface area contributed by atoms with E-state index in [1.165, 1.54) is 11.8 Å². The summed E-state index contributed by atoms with van der Waals surface area (Å²) in [6.45, 7) is 3.38. The number of likely N-dealkylation sites (tertiary alicyclic amines) is 1. The molecule has 4 nitrogen and oxygen atoms in total. The predicted octanol–water partition coefficient (Wildman–Crippen LogP) is 3.53. The van der Waals surface area contributed by atoms with Crippen LogP contribution in [-0.4, -0.2) is 41.6 Å². The van der Waals surface area contributed by atoms with Gasteiger partial charge in [0.15, 0.2) is 5.78 Å². The monoisotopic (exact) mass is 345 g/mol. The number of benzene rings is 1. The molecule has 128 valence electrons. The number of ketones is 1. The van der Waals surface area contributed by atoms with E-state index in [9.17, 15) is 9.90 Å². The molecule has 0 aliphatic carbocycles. The lowest BCUT2D eigenvalue weighted by atomic mass is 10.1. The van der Waals surface area contributed by atoms with E-state index in [2.05, 4.69) is 22.4 Å². The molecule has 1 aliphatic rings. The third-order valence-electron chi connectivity index (χ3n) is 4.36. The number of Topliss-reactive ketones (excluding diaryl/α,β-unsaturated/α-hetero) is 1. The van der Waals surface area contributed by atoms with E-state index in [4.69, 9.17) is 4.74 Å². The van der Waals surface area contributed by atoms with Crippen LogP contribution in [0.15, 0.2) is 41.8 Å². The van der Waals surface area contributed by atoms with Gasteiger partial charge in [0.1, 0.15) is 18.5 Å². The first-order chi connectivity index (χ1) is 11.6. The normalized spacial score (nSPS) is 19.3. The molecule has 1 aromatic heterocycles. The number of carbonyl (C=O) groups excluding carboxylic acids is 1. The van der Waals surface area contributed by atoms with Crippen molar-refractivity contribution in [1.29, 1.82) is 0 Å². The summed E-state index contributed by atoms with van der Waals surface area (Å²) in [6.07, 6.45) is 1.76. The molecule has 0 radical (unpaired) electrons. The van der Waals surface area contributed by atoms with Gasteiger partial charge in [-0.05, 0) is 49.9 Å². The van der Waals surface area contributed by atoms with Crippen LogP contribution < -0.4 is 4.74 Å². The molecule has 3 rings (SSSR count). The number of rotatable bonds is 7. The van der Waals surface area contributed by atoms with Crippen LogP contribution in [0.25, 0.3) is 0 Å². The zero-order valence-electron chi connectivity index (χ0n) is 13.9. The molecule has 2 aromatic rings. The van der Waals surface area contributed by atoms with Gasteiger partial charge < -0.3 is 9.84 Å². The number of carbonyl (C=O) groups is 1. The first-order valence-electron chi connectivity index (χ1n) is 8.33. The van der Waals surface area contributed by atoms with Crippen LogP contribution in [0, 0.1) is 0 Å². The number of aliphatic hydroxyl groups is 1. The van der Waals surface area contributed by atoms with Crippen LogP contribution in [0.3, 0.4) is 0 Å². The predicted molar refractivity (Wildman–Crippen MR) is 95.8 cm³/mol. The van der Waals surface area contributed by atoms with E-state index in [0.717, 1.165) is 19.4 Å². The number of nitrogens with zero attached hydrogens (tertiary/aromatic N) is 1. The Morgan fingerprint density at radius 3 is 3.04 bits per heavy atom. The highest BCUT2D eigenvalue weighted by Crippen LogP contribution is 2.34. The zero-order valence-corrected chi connectivity index (χ0v) is 14.7. The fourth-order valence-electron chi connectivity index (χ4n) is 3.17. The summed E-state index contributed by atoms with van der Waals surface area (Å²) in [4.78, 5) is 15.1. The minimum atomic E-state index is -0.549.